The van der Waals surface area contributed by atoms with Gasteiger partial charge in [-0.05, 0) is 44.7 Å². The molecular weight excluding hydrogens is 424 g/mol. The number of amides is 1. The van der Waals surface area contributed by atoms with Gasteiger partial charge < -0.3 is 19.5 Å². The fourth-order valence-electron chi connectivity index (χ4n) is 4.66. The lowest BCUT2D eigenvalue weighted by atomic mass is 9.85. The molecule has 0 radical (unpaired) electrons. The molecule has 2 atom stereocenters. The van der Waals surface area contributed by atoms with Crippen LogP contribution in [-0.2, 0) is 23.2 Å². The van der Waals surface area contributed by atoms with Crippen molar-refractivity contribution < 1.29 is 24.2 Å². The van der Waals surface area contributed by atoms with E-state index in [0.717, 1.165) is 35.5 Å². The van der Waals surface area contributed by atoms with Gasteiger partial charge in [-0.3, -0.25) is 9.48 Å². The highest BCUT2D eigenvalue weighted by atomic mass is 16.6. The number of likely N-dealkylation sites (tertiary alicyclic amines) is 1. The predicted octanol–water partition coefficient (Wildman–Crippen LogP) is 3.79. The molecule has 0 bridgehead atoms. The number of rotatable bonds is 6. The smallest absolute Gasteiger partial charge is 0.410 e. The molecule has 2 aromatic heterocycles. The zero-order valence-electron chi connectivity index (χ0n) is 19.7. The first-order valence-corrected chi connectivity index (χ1v) is 11.4. The van der Waals surface area contributed by atoms with E-state index in [0.29, 0.717) is 31.7 Å². The van der Waals surface area contributed by atoms with Crippen LogP contribution < -0.4 is 4.74 Å². The molecule has 2 fully saturated rings. The van der Waals surface area contributed by atoms with Gasteiger partial charge in [0, 0.05) is 31.1 Å². The van der Waals surface area contributed by atoms with Gasteiger partial charge in [-0.2, -0.15) is 5.10 Å². The second-order valence-corrected chi connectivity index (χ2v) is 9.93. The van der Waals surface area contributed by atoms with Crippen molar-refractivity contribution in [3.8, 4) is 17.0 Å². The van der Waals surface area contributed by atoms with Crippen molar-refractivity contribution in [2.24, 2.45) is 18.4 Å². The van der Waals surface area contributed by atoms with Crippen molar-refractivity contribution in [3.05, 3.63) is 29.7 Å². The average molecular weight is 457 g/mol. The molecule has 4 rings (SSSR count). The molecule has 1 amide bonds. The van der Waals surface area contributed by atoms with Crippen LogP contribution in [0.3, 0.4) is 0 Å². The normalized spacial score (nSPS) is 21.9. The summed E-state index contributed by atoms with van der Waals surface area (Å²) in [5.41, 5.74) is 3.15. The van der Waals surface area contributed by atoms with Gasteiger partial charge in [-0.25, -0.2) is 9.78 Å². The monoisotopic (exact) mass is 456 g/mol. The molecule has 2 aliphatic rings. The minimum atomic E-state index is -0.754. The fourth-order valence-corrected chi connectivity index (χ4v) is 4.66. The number of aromatic nitrogens is 3. The summed E-state index contributed by atoms with van der Waals surface area (Å²) in [6.45, 7) is 7.62. The number of carboxylic acids is 1. The molecule has 1 aliphatic carbocycles. The first-order chi connectivity index (χ1) is 15.6. The largest absolute Gasteiger partial charge is 0.489 e. The van der Waals surface area contributed by atoms with Gasteiger partial charge in [0.05, 0.1) is 35.3 Å². The van der Waals surface area contributed by atoms with Crippen LogP contribution in [0.25, 0.3) is 11.3 Å². The minimum absolute atomic E-state index is 0.110. The highest BCUT2D eigenvalue weighted by Gasteiger charge is 2.38. The van der Waals surface area contributed by atoms with E-state index in [-0.39, 0.29) is 30.1 Å². The molecule has 1 saturated heterocycles. The molecule has 33 heavy (non-hydrogen) atoms. The van der Waals surface area contributed by atoms with Crippen LogP contribution in [0, 0.1) is 18.3 Å². The van der Waals surface area contributed by atoms with Crippen LogP contribution in [0.1, 0.15) is 50.9 Å². The third-order valence-corrected chi connectivity index (χ3v) is 6.47. The fraction of sp³-hybridized carbons (Fsp3) is 0.583. The van der Waals surface area contributed by atoms with Crippen LogP contribution >= 0.6 is 0 Å². The summed E-state index contributed by atoms with van der Waals surface area (Å²) in [6.07, 6.45) is 4.19. The number of aryl methyl sites for hydroxylation is 2. The quantitative estimate of drug-likeness (QED) is 0.705. The Balaban J connectivity index is 1.43. The molecule has 9 heteroatoms. The number of hydrogen-bond donors (Lipinski definition) is 1. The van der Waals surface area contributed by atoms with Crippen molar-refractivity contribution in [1.82, 2.24) is 19.7 Å². The first kappa shape index (κ1) is 23.1. The van der Waals surface area contributed by atoms with E-state index in [1.165, 1.54) is 0 Å². The lowest BCUT2D eigenvalue weighted by molar-refractivity contribution is -0.143. The average Bonchev–Trinajstić information content (AvgIpc) is 3.12. The molecule has 178 valence electrons. The Morgan fingerprint density at radius 2 is 2.00 bits per heavy atom. The first-order valence-electron chi connectivity index (χ1n) is 11.4. The molecule has 9 nitrogen and oxygen atoms in total. The molecule has 1 aliphatic heterocycles. The molecular formula is C24H32N4O5. The number of carbonyl (C=O) groups is 2. The second-order valence-electron chi connectivity index (χ2n) is 9.93. The molecule has 2 aromatic rings. The van der Waals surface area contributed by atoms with Crippen LogP contribution in [0.15, 0.2) is 18.3 Å². The van der Waals surface area contributed by atoms with E-state index in [4.69, 9.17) is 14.5 Å². The van der Waals surface area contributed by atoms with Gasteiger partial charge in [0.25, 0.3) is 0 Å². The Labute approximate surface area is 193 Å². The lowest BCUT2D eigenvalue weighted by Crippen LogP contribution is -2.55. The Bertz CT molecular complexity index is 1040. The Kier molecular flexibility index (Phi) is 6.32. The number of aliphatic carboxylic acids is 1. The van der Waals surface area contributed by atoms with E-state index in [9.17, 15) is 14.7 Å². The number of carboxylic acid groups (broad SMARTS) is 1. The standard InChI is InChI=1S/C24H32N4O5/c1-15-21(33-17-7-5-6-16(10-17)22(29)30)9-8-19(26-15)18-11-25-27(4)20(18)12-32-23(31)28-13-24(2,3)14-28/h8-9,11,16-17H,5-7,10,12-14H2,1-4H3,(H,29,30)/t16-,17-/m0/s1. The summed E-state index contributed by atoms with van der Waals surface area (Å²) in [7, 11) is 1.81. The Hall–Kier alpha value is -3.10. The number of ether oxygens (including phenoxy) is 2. The van der Waals surface area contributed by atoms with Gasteiger partial charge in [0.1, 0.15) is 12.4 Å². The summed E-state index contributed by atoms with van der Waals surface area (Å²) in [5, 5.41) is 13.6. The van der Waals surface area contributed by atoms with E-state index in [2.05, 4.69) is 18.9 Å². The lowest BCUT2D eigenvalue weighted by Gasteiger charge is -2.44. The van der Waals surface area contributed by atoms with E-state index < -0.39 is 5.97 Å². The molecule has 0 aromatic carbocycles. The number of pyridine rings is 1. The highest BCUT2D eigenvalue weighted by molar-refractivity contribution is 5.70. The number of carbonyl (C=O) groups excluding carboxylic acids is 1. The van der Waals surface area contributed by atoms with Crippen LogP contribution in [0.2, 0.25) is 0 Å². The van der Waals surface area contributed by atoms with Gasteiger partial charge in [0.15, 0.2) is 0 Å². The summed E-state index contributed by atoms with van der Waals surface area (Å²) in [6, 6.07) is 3.73. The topological polar surface area (TPSA) is 107 Å². The maximum absolute atomic E-state index is 12.3. The number of nitrogens with zero attached hydrogens (tertiary/aromatic N) is 4. The van der Waals surface area contributed by atoms with Crippen LogP contribution in [0.4, 0.5) is 4.79 Å². The zero-order chi connectivity index (χ0) is 23.8. The summed E-state index contributed by atoms with van der Waals surface area (Å²) >= 11 is 0. The van der Waals surface area contributed by atoms with E-state index in [1.54, 1.807) is 15.8 Å². The van der Waals surface area contributed by atoms with Crippen molar-refractivity contribution in [2.45, 2.75) is 59.2 Å². The minimum Gasteiger partial charge on any atom is -0.489 e. The van der Waals surface area contributed by atoms with Crippen molar-refractivity contribution in [1.29, 1.82) is 0 Å². The van der Waals surface area contributed by atoms with Crippen LogP contribution in [-0.4, -0.2) is 56.0 Å². The van der Waals surface area contributed by atoms with Crippen molar-refractivity contribution in [2.75, 3.05) is 13.1 Å². The molecule has 1 N–H and O–H groups in total. The zero-order valence-corrected chi connectivity index (χ0v) is 19.7. The summed E-state index contributed by atoms with van der Waals surface area (Å²) < 4.78 is 13.3. The van der Waals surface area contributed by atoms with Crippen molar-refractivity contribution in [3.63, 3.8) is 0 Å². The predicted molar refractivity (Wildman–Crippen MR) is 121 cm³/mol. The van der Waals surface area contributed by atoms with Gasteiger partial charge in [-0.1, -0.05) is 13.8 Å². The van der Waals surface area contributed by atoms with Crippen LogP contribution in [0.5, 0.6) is 5.75 Å². The van der Waals surface area contributed by atoms with E-state index in [1.807, 2.05) is 26.1 Å². The third kappa shape index (κ3) is 5.12. The maximum Gasteiger partial charge on any atom is 0.410 e. The van der Waals surface area contributed by atoms with Gasteiger partial charge >= 0.3 is 12.1 Å². The Morgan fingerprint density at radius 3 is 2.67 bits per heavy atom. The molecule has 0 unspecified atom stereocenters. The summed E-state index contributed by atoms with van der Waals surface area (Å²) in [4.78, 5) is 30.1. The molecule has 1 saturated carbocycles. The second kappa shape index (κ2) is 9.03. The summed E-state index contributed by atoms with van der Waals surface area (Å²) in [5.74, 6) is -0.442. The van der Waals surface area contributed by atoms with Gasteiger partial charge in [0.2, 0.25) is 0 Å². The highest BCUT2D eigenvalue weighted by Crippen LogP contribution is 2.32. The Morgan fingerprint density at radius 1 is 1.24 bits per heavy atom. The van der Waals surface area contributed by atoms with Crippen molar-refractivity contribution >= 4 is 12.1 Å². The van der Waals surface area contributed by atoms with E-state index >= 15 is 0 Å². The number of hydrogen-bond acceptors (Lipinski definition) is 6. The molecule has 3 heterocycles. The van der Waals surface area contributed by atoms with Gasteiger partial charge in [-0.15, -0.1) is 0 Å². The third-order valence-electron chi connectivity index (χ3n) is 6.47. The SMILES string of the molecule is Cc1nc(-c2cnn(C)c2COC(=O)N2CC(C)(C)C2)ccc1O[C@H]1CCC[C@H](C(=O)O)C1. The maximum atomic E-state index is 12.3. The molecule has 0 spiro atoms.